The SMILES string of the molecule is CCc1oc(C(=O)N(CC)Cc2cccc(Br)c2)cc1C(=O)O. The molecule has 0 aliphatic heterocycles. The summed E-state index contributed by atoms with van der Waals surface area (Å²) >= 11 is 3.41. The quantitative estimate of drug-likeness (QED) is 0.824. The number of rotatable bonds is 6. The molecule has 0 saturated heterocycles. The van der Waals surface area contributed by atoms with Gasteiger partial charge in [0.2, 0.25) is 0 Å². The fourth-order valence-electron chi connectivity index (χ4n) is 2.32. The molecule has 0 atom stereocenters. The molecule has 0 spiro atoms. The molecule has 0 bridgehead atoms. The van der Waals surface area contributed by atoms with E-state index in [9.17, 15) is 9.59 Å². The Morgan fingerprint density at radius 1 is 1.26 bits per heavy atom. The van der Waals surface area contributed by atoms with Gasteiger partial charge in [-0.05, 0) is 24.6 Å². The summed E-state index contributed by atoms with van der Waals surface area (Å²) in [5.41, 5.74) is 1.03. The summed E-state index contributed by atoms with van der Waals surface area (Å²) < 4.78 is 6.39. The molecule has 1 aromatic carbocycles. The average molecular weight is 380 g/mol. The molecule has 1 heterocycles. The highest BCUT2D eigenvalue weighted by molar-refractivity contribution is 9.10. The molecule has 122 valence electrons. The van der Waals surface area contributed by atoms with Gasteiger partial charge in [-0.2, -0.15) is 0 Å². The summed E-state index contributed by atoms with van der Waals surface area (Å²) in [5.74, 6) is -1.01. The molecule has 5 nitrogen and oxygen atoms in total. The van der Waals surface area contributed by atoms with E-state index in [-0.39, 0.29) is 17.2 Å². The van der Waals surface area contributed by atoms with Gasteiger partial charge in [0.1, 0.15) is 11.3 Å². The first-order valence-corrected chi connectivity index (χ1v) is 8.15. The van der Waals surface area contributed by atoms with Crippen LogP contribution in [0.15, 0.2) is 39.2 Å². The van der Waals surface area contributed by atoms with Gasteiger partial charge in [0.25, 0.3) is 5.91 Å². The molecule has 1 amide bonds. The van der Waals surface area contributed by atoms with E-state index < -0.39 is 5.97 Å². The molecule has 0 aliphatic carbocycles. The second-order valence-electron chi connectivity index (χ2n) is 5.06. The van der Waals surface area contributed by atoms with Crippen molar-refractivity contribution in [3.05, 3.63) is 57.5 Å². The van der Waals surface area contributed by atoms with Gasteiger partial charge in [-0.25, -0.2) is 4.79 Å². The Hall–Kier alpha value is -2.08. The van der Waals surface area contributed by atoms with Gasteiger partial charge in [-0.15, -0.1) is 0 Å². The van der Waals surface area contributed by atoms with Crippen molar-refractivity contribution < 1.29 is 19.1 Å². The lowest BCUT2D eigenvalue weighted by Crippen LogP contribution is -2.30. The van der Waals surface area contributed by atoms with Crippen LogP contribution in [-0.2, 0) is 13.0 Å². The molecule has 0 saturated carbocycles. The van der Waals surface area contributed by atoms with Crippen molar-refractivity contribution in [1.29, 1.82) is 0 Å². The summed E-state index contributed by atoms with van der Waals surface area (Å²) in [6.45, 7) is 4.59. The third kappa shape index (κ3) is 4.01. The second kappa shape index (κ2) is 7.46. The number of halogens is 1. The highest BCUT2D eigenvalue weighted by Crippen LogP contribution is 2.20. The summed E-state index contributed by atoms with van der Waals surface area (Å²) in [6, 6.07) is 9.01. The first kappa shape index (κ1) is 17.3. The predicted octanol–water partition coefficient (Wildman–Crippen LogP) is 3.97. The minimum absolute atomic E-state index is 0.0503. The third-order valence-electron chi connectivity index (χ3n) is 3.50. The largest absolute Gasteiger partial charge is 0.478 e. The molecule has 0 fully saturated rings. The molecule has 1 N–H and O–H groups in total. The Bertz CT molecular complexity index is 723. The van der Waals surface area contributed by atoms with E-state index >= 15 is 0 Å². The van der Waals surface area contributed by atoms with Gasteiger partial charge in [0.05, 0.1) is 0 Å². The van der Waals surface area contributed by atoms with Crippen LogP contribution in [0, 0.1) is 0 Å². The summed E-state index contributed by atoms with van der Waals surface area (Å²) in [5, 5.41) is 9.16. The van der Waals surface area contributed by atoms with E-state index in [4.69, 9.17) is 9.52 Å². The van der Waals surface area contributed by atoms with Crippen LogP contribution in [0.4, 0.5) is 0 Å². The van der Waals surface area contributed by atoms with Gasteiger partial charge in [0, 0.05) is 30.0 Å². The zero-order valence-electron chi connectivity index (χ0n) is 13.0. The van der Waals surface area contributed by atoms with Crippen molar-refractivity contribution in [2.75, 3.05) is 6.54 Å². The van der Waals surface area contributed by atoms with Crippen LogP contribution in [0.5, 0.6) is 0 Å². The maximum absolute atomic E-state index is 12.6. The van der Waals surface area contributed by atoms with Crippen molar-refractivity contribution in [2.24, 2.45) is 0 Å². The normalized spacial score (nSPS) is 10.6. The molecule has 23 heavy (non-hydrogen) atoms. The zero-order valence-corrected chi connectivity index (χ0v) is 14.6. The molecule has 0 radical (unpaired) electrons. The number of amides is 1. The molecule has 0 unspecified atom stereocenters. The molecule has 2 aromatic rings. The second-order valence-corrected chi connectivity index (χ2v) is 5.97. The predicted molar refractivity (Wildman–Crippen MR) is 89.6 cm³/mol. The van der Waals surface area contributed by atoms with E-state index in [0.717, 1.165) is 10.0 Å². The van der Waals surface area contributed by atoms with E-state index in [1.807, 2.05) is 31.2 Å². The number of hydrogen-bond donors (Lipinski definition) is 1. The Kier molecular flexibility index (Phi) is 5.60. The van der Waals surface area contributed by atoms with Gasteiger partial charge in [0.15, 0.2) is 5.76 Å². The van der Waals surface area contributed by atoms with E-state index in [0.29, 0.717) is 25.3 Å². The molecule has 1 aromatic heterocycles. The Morgan fingerprint density at radius 2 is 2.00 bits per heavy atom. The van der Waals surface area contributed by atoms with Gasteiger partial charge in [-0.1, -0.05) is 35.0 Å². The third-order valence-corrected chi connectivity index (χ3v) is 4.00. The number of benzene rings is 1. The lowest BCUT2D eigenvalue weighted by molar-refractivity contribution is 0.0690. The van der Waals surface area contributed by atoms with E-state index in [1.54, 1.807) is 11.8 Å². The summed E-state index contributed by atoms with van der Waals surface area (Å²) in [7, 11) is 0. The monoisotopic (exact) mass is 379 g/mol. The Labute approximate surface area is 143 Å². The van der Waals surface area contributed by atoms with Crippen LogP contribution in [0.1, 0.15) is 46.1 Å². The fourth-order valence-corrected chi connectivity index (χ4v) is 2.76. The highest BCUT2D eigenvalue weighted by atomic mass is 79.9. The minimum Gasteiger partial charge on any atom is -0.478 e. The van der Waals surface area contributed by atoms with Crippen LogP contribution in [0.2, 0.25) is 0 Å². The lowest BCUT2D eigenvalue weighted by atomic mass is 10.2. The smallest absolute Gasteiger partial charge is 0.339 e. The first-order valence-electron chi connectivity index (χ1n) is 7.36. The molecular formula is C17H18BrNO4. The van der Waals surface area contributed by atoms with E-state index in [1.165, 1.54) is 6.07 Å². The van der Waals surface area contributed by atoms with Crippen LogP contribution >= 0.6 is 15.9 Å². The van der Waals surface area contributed by atoms with Gasteiger partial charge in [-0.3, -0.25) is 4.79 Å². The number of nitrogens with zero attached hydrogens (tertiary/aromatic N) is 1. The number of aryl methyl sites for hydroxylation is 1. The number of carboxylic acid groups (broad SMARTS) is 1. The van der Waals surface area contributed by atoms with Crippen molar-refractivity contribution in [2.45, 2.75) is 26.8 Å². The van der Waals surface area contributed by atoms with E-state index in [2.05, 4.69) is 15.9 Å². The fraction of sp³-hybridized carbons (Fsp3) is 0.294. The average Bonchev–Trinajstić information content (AvgIpc) is 2.96. The van der Waals surface area contributed by atoms with Gasteiger partial charge >= 0.3 is 5.97 Å². The van der Waals surface area contributed by atoms with Gasteiger partial charge < -0.3 is 14.4 Å². The number of hydrogen-bond acceptors (Lipinski definition) is 3. The van der Waals surface area contributed by atoms with Crippen LogP contribution in [-0.4, -0.2) is 28.4 Å². The highest BCUT2D eigenvalue weighted by Gasteiger charge is 2.23. The van der Waals surface area contributed by atoms with Crippen LogP contribution < -0.4 is 0 Å². The zero-order chi connectivity index (χ0) is 17.0. The standard InChI is InChI=1S/C17H18BrNO4/c1-3-14-13(17(21)22)9-15(23-14)16(20)19(4-2)10-11-6-5-7-12(18)8-11/h5-9H,3-4,10H2,1-2H3,(H,21,22). The Morgan fingerprint density at radius 3 is 2.52 bits per heavy atom. The van der Waals surface area contributed by atoms with Crippen molar-refractivity contribution in [3.8, 4) is 0 Å². The van der Waals surface area contributed by atoms with Crippen molar-refractivity contribution in [3.63, 3.8) is 0 Å². The number of carbonyl (C=O) groups excluding carboxylic acids is 1. The van der Waals surface area contributed by atoms with Crippen molar-refractivity contribution >= 4 is 27.8 Å². The summed E-state index contributed by atoms with van der Waals surface area (Å²) in [4.78, 5) is 25.4. The lowest BCUT2D eigenvalue weighted by Gasteiger charge is -2.19. The number of carboxylic acids is 1. The summed E-state index contributed by atoms with van der Waals surface area (Å²) in [6.07, 6.45) is 0.423. The maximum Gasteiger partial charge on any atom is 0.339 e. The molecular weight excluding hydrogens is 362 g/mol. The number of aromatic carboxylic acids is 1. The molecule has 2 rings (SSSR count). The maximum atomic E-state index is 12.6. The number of carbonyl (C=O) groups is 2. The van der Waals surface area contributed by atoms with Crippen LogP contribution in [0.3, 0.4) is 0 Å². The van der Waals surface area contributed by atoms with Crippen LogP contribution in [0.25, 0.3) is 0 Å². The topological polar surface area (TPSA) is 70.8 Å². The van der Waals surface area contributed by atoms with Crippen molar-refractivity contribution in [1.82, 2.24) is 4.90 Å². The first-order chi connectivity index (χ1) is 11.0. The Balaban J connectivity index is 2.24. The molecule has 0 aliphatic rings. The minimum atomic E-state index is -1.08. The number of furan rings is 1. The molecule has 6 heteroatoms.